The van der Waals surface area contributed by atoms with Crippen molar-refractivity contribution in [3.8, 4) is 0 Å². The summed E-state index contributed by atoms with van der Waals surface area (Å²) in [4.78, 5) is 13.8. The number of rotatable bonds is 8. The number of carbonyl (C=O) groups excluding carboxylic acids is 1. The standard InChI is InChI=1S/C14H21NO2S/c1-2-15(11-13-7-4-3-5-8-13)14(17)12-18-10-6-9-16/h3-5,7-8,16H,2,6,9-12H2,1H3. The van der Waals surface area contributed by atoms with Crippen LogP contribution < -0.4 is 0 Å². The van der Waals surface area contributed by atoms with Crippen molar-refractivity contribution in [2.24, 2.45) is 0 Å². The molecule has 0 atom stereocenters. The summed E-state index contributed by atoms with van der Waals surface area (Å²) in [7, 11) is 0. The minimum Gasteiger partial charge on any atom is -0.396 e. The third-order valence-electron chi connectivity index (χ3n) is 2.62. The lowest BCUT2D eigenvalue weighted by Crippen LogP contribution is -2.31. The molecule has 0 fully saturated rings. The van der Waals surface area contributed by atoms with E-state index in [1.54, 1.807) is 11.8 Å². The second kappa shape index (κ2) is 9.00. The number of benzene rings is 1. The summed E-state index contributed by atoms with van der Waals surface area (Å²) < 4.78 is 0. The highest BCUT2D eigenvalue weighted by atomic mass is 32.2. The molecular formula is C14H21NO2S. The van der Waals surface area contributed by atoms with Crippen LogP contribution in [0.2, 0.25) is 0 Å². The molecule has 0 saturated heterocycles. The summed E-state index contributed by atoms with van der Waals surface area (Å²) in [6.07, 6.45) is 0.753. The number of aliphatic hydroxyl groups is 1. The number of aliphatic hydroxyl groups excluding tert-OH is 1. The molecule has 1 amide bonds. The Kier molecular flexibility index (Phi) is 7.53. The first-order valence-electron chi connectivity index (χ1n) is 6.28. The Morgan fingerprint density at radius 1 is 1.33 bits per heavy atom. The van der Waals surface area contributed by atoms with E-state index in [1.807, 2.05) is 42.2 Å². The molecule has 1 aromatic carbocycles. The molecule has 4 heteroatoms. The predicted molar refractivity (Wildman–Crippen MR) is 76.6 cm³/mol. The first-order chi connectivity index (χ1) is 8.77. The van der Waals surface area contributed by atoms with Crippen LogP contribution in [0.3, 0.4) is 0 Å². The van der Waals surface area contributed by atoms with Gasteiger partial charge in [-0.05, 0) is 24.7 Å². The van der Waals surface area contributed by atoms with Crippen molar-refractivity contribution in [1.82, 2.24) is 4.90 Å². The number of amides is 1. The lowest BCUT2D eigenvalue weighted by Gasteiger charge is -2.20. The maximum atomic E-state index is 12.0. The predicted octanol–water partition coefficient (Wildman–Crippen LogP) is 2.15. The van der Waals surface area contributed by atoms with Gasteiger partial charge in [-0.15, -0.1) is 0 Å². The lowest BCUT2D eigenvalue weighted by atomic mass is 10.2. The van der Waals surface area contributed by atoms with Gasteiger partial charge >= 0.3 is 0 Å². The summed E-state index contributed by atoms with van der Waals surface area (Å²) in [6, 6.07) is 10.0. The number of nitrogens with zero attached hydrogens (tertiary/aromatic N) is 1. The Bertz CT molecular complexity index is 343. The van der Waals surface area contributed by atoms with Crippen LogP contribution in [0.1, 0.15) is 18.9 Å². The molecule has 0 aliphatic carbocycles. The number of hydrogen-bond donors (Lipinski definition) is 1. The highest BCUT2D eigenvalue weighted by Gasteiger charge is 2.11. The fourth-order valence-electron chi connectivity index (χ4n) is 1.60. The second-order valence-corrected chi connectivity index (χ2v) is 5.13. The monoisotopic (exact) mass is 267 g/mol. The van der Waals surface area contributed by atoms with Crippen molar-refractivity contribution < 1.29 is 9.90 Å². The first-order valence-corrected chi connectivity index (χ1v) is 7.43. The molecule has 0 heterocycles. The van der Waals surface area contributed by atoms with Crippen molar-refractivity contribution in [1.29, 1.82) is 0 Å². The molecule has 1 aromatic rings. The Hall–Kier alpha value is -1.00. The van der Waals surface area contributed by atoms with E-state index >= 15 is 0 Å². The Morgan fingerprint density at radius 3 is 2.67 bits per heavy atom. The van der Waals surface area contributed by atoms with Gasteiger partial charge in [-0.2, -0.15) is 11.8 Å². The van der Waals surface area contributed by atoms with Crippen LogP contribution in [0, 0.1) is 0 Å². The molecule has 0 spiro atoms. The third-order valence-corrected chi connectivity index (χ3v) is 3.65. The minimum absolute atomic E-state index is 0.171. The van der Waals surface area contributed by atoms with Gasteiger partial charge in [0.1, 0.15) is 0 Å². The molecule has 100 valence electrons. The summed E-state index contributed by atoms with van der Waals surface area (Å²) in [6.45, 7) is 3.60. The molecule has 1 N–H and O–H groups in total. The van der Waals surface area contributed by atoms with Gasteiger partial charge in [0.15, 0.2) is 0 Å². The molecular weight excluding hydrogens is 246 g/mol. The van der Waals surface area contributed by atoms with Gasteiger partial charge in [0.2, 0.25) is 5.91 Å². The van der Waals surface area contributed by atoms with Crippen LogP contribution in [-0.2, 0) is 11.3 Å². The zero-order valence-corrected chi connectivity index (χ0v) is 11.7. The maximum Gasteiger partial charge on any atom is 0.232 e. The highest BCUT2D eigenvalue weighted by molar-refractivity contribution is 7.99. The van der Waals surface area contributed by atoms with Gasteiger partial charge < -0.3 is 10.0 Å². The van der Waals surface area contributed by atoms with E-state index in [0.717, 1.165) is 24.3 Å². The van der Waals surface area contributed by atoms with Crippen molar-refractivity contribution in [3.05, 3.63) is 35.9 Å². The van der Waals surface area contributed by atoms with E-state index in [4.69, 9.17) is 5.11 Å². The lowest BCUT2D eigenvalue weighted by molar-refractivity contribution is -0.128. The molecule has 0 unspecified atom stereocenters. The summed E-state index contributed by atoms with van der Waals surface area (Å²) in [5, 5.41) is 8.67. The van der Waals surface area contributed by atoms with Crippen LogP contribution in [0.15, 0.2) is 30.3 Å². The average Bonchev–Trinajstić information content (AvgIpc) is 2.42. The smallest absolute Gasteiger partial charge is 0.232 e. The fourth-order valence-corrected chi connectivity index (χ4v) is 2.43. The van der Waals surface area contributed by atoms with E-state index in [-0.39, 0.29) is 12.5 Å². The SMILES string of the molecule is CCN(Cc1ccccc1)C(=O)CSCCCO. The van der Waals surface area contributed by atoms with E-state index in [9.17, 15) is 4.79 Å². The molecule has 0 aliphatic heterocycles. The van der Waals surface area contributed by atoms with E-state index in [0.29, 0.717) is 12.3 Å². The van der Waals surface area contributed by atoms with Crippen LogP contribution in [0.5, 0.6) is 0 Å². The van der Waals surface area contributed by atoms with Gasteiger partial charge in [-0.25, -0.2) is 0 Å². The largest absolute Gasteiger partial charge is 0.396 e. The number of carbonyl (C=O) groups is 1. The van der Waals surface area contributed by atoms with Gasteiger partial charge in [-0.1, -0.05) is 30.3 Å². The first kappa shape index (κ1) is 15.1. The fraction of sp³-hybridized carbons (Fsp3) is 0.500. The topological polar surface area (TPSA) is 40.5 Å². The molecule has 1 rings (SSSR count). The maximum absolute atomic E-state index is 12.0. The number of thioether (sulfide) groups is 1. The molecule has 0 aliphatic rings. The van der Waals surface area contributed by atoms with Crippen LogP contribution >= 0.6 is 11.8 Å². The normalized spacial score (nSPS) is 10.3. The number of hydrogen-bond acceptors (Lipinski definition) is 3. The summed E-state index contributed by atoms with van der Waals surface area (Å²) in [5.74, 6) is 1.51. The van der Waals surface area contributed by atoms with E-state index in [2.05, 4.69) is 0 Å². The highest BCUT2D eigenvalue weighted by Crippen LogP contribution is 2.08. The van der Waals surface area contributed by atoms with Crippen LogP contribution in [0.4, 0.5) is 0 Å². The molecule has 0 bridgehead atoms. The Labute approximate surface area is 113 Å². The van der Waals surface area contributed by atoms with E-state index in [1.165, 1.54) is 0 Å². The van der Waals surface area contributed by atoms with Crippen molar-refractivity contribution >= 4 is 17.7 Å². The molecule has 0 radical (unpaired) electrons. The zero-order chi connectivity index (χ0) is 13.2. The quantitative estimate of drug-likeness (QED) is 0.734. The van der Waals surface area contributed by atoms with E-state index < -0.39 is 0 Å². The zero-order valence-electron chi connectivity index (χ0n) is 10.8. The summed E-state index contributed by atoms with van der Waals surface area (Å²) in [5.41, 5.74) is 1.16. The minimum atomic E-state index is 0.171. The molecule has 0 saturated carbocycles. The van der Waals surface area contributed by atoms with Gasteiger partial charge in [-0.3, -0.25) is 4.79 Å². The van der Waals surface area contributed by atoms with Gasteiger partial charge in [0, 0.05) is 19.7 Å². The van der Waals surface area contributed by atoms with Gasteiger partial charge in [0.05, 0.1) is 5.75 Å². The average molecular weight is 267 g/mol. The van der Waals surface area contributed by atoms with Gasteiger partial charge in [0.25, 0.3) is 0 Å². The molecule has 18 heavy (non-hydrogen) atoms. The van der Waals surface area contributed by atoms with Crippen molar-refractivity contribution in [2.45, 2.75) is 19.9 Å². The Balaban J connectivity index is 2.38. The van der Waals surface area contributed by atoms with Crippen LogP contribution in [-0.4, -0.2) is 40.6 Å². The van der Waals surface area contributed by atoms with Crippen molar-refractivity contribution in [2.75, 3.05) is 24.7 Å². The molecule has 3 nitrogen and oxygen atoms in total. The van der Waals surface area contributed by atoms with Crippen molar-refractivity contribution in [3.63, 3.8) is 0 Å². The molecule has 0 aromatic heterocycles. The second-order valence-electron chi connectivity index (χ2n) is 4.02. The summed E-state index contributed by atoms with van der Waals surface area (Å²) >= 11 is 1.59. The Morgan fingerprint density at radius 2 is 2.06 bits per heavy atom. The third kappa shape index (κ3) is 5.56. The van der Waals surface area contributed by atoms with Crippen LogP contribution in [0.25, 0.3) is 0 Å².